The van der Waals surface area contributed by atoms with Crippen molar-refractivity contribution in [1.82, 2.24) is 4.90 Å². The molecule has 1 aliphatic rings. The Balaban J connectivity index is 2.20. The lowest BCUT2D eigenvalue weighted by atomic mass is 10.3. The Kier molecular flexibility index (Phi) is 4.10. The lowest BCUT2D eigenvalue weighted by molar-refractivity contribution is -0.129. The number of rotatable bonds is 3. The molecule has 0 aromatic heterocycles. The summed E-state index contributed by atoms with van der Waals surface area (Å²) in [5.41, 5.74) is 5.71. The van der Waals surface area contributed by atoms with Crippen molar-refractivity contribution in [2.45, 2.75) is 29.5 Å². The van der Waals surface area contributed by atoms with Crippen LogP contribution >= 0.6 is 0 Å². The third-order valence-electron chi connectivity index (χ3n) is 3.49. The summed E-state index contributed by atoms with van der Waals surface area (Å²) in [6.07, 6.45) is 0.676. The second kappa shape index (κ2) is 5.49. The van der Waals surface area contributed by atoms with Crippen LogP contribution in [0.2, 0.25) is 0 Å². The number of likely N-dealkylation sites (tertiary alicyclic amines) is 1. The zero-order valence-corrected chi connectivity index (χ0v) is 11.9. The third kappa shape index (κ3) is 2.83. The van der Waals surface area contributed by atoms with Crippen LogP contribution in [0.15, 0.2) is 29.2 Å². The van der Waals surface area contributed by atoms with E-state index in [4.69, 9.17) is 5.73 Å². The molecule has 0 bridgehead atoms. The molecule has 1 saturated heterocycles. The first-order valence-electron chi connectivity index (χ1n) is 6.36. The van der Waals surface area contributed by atoms with Gasteiger partial charge in [0.1, 0.15) is 11.1 Å². The van der Waals surface area contributed by atoms with E-state index in [0.717, 1.165) is 12.1 Å². The summed E-state index contributed by atoms with van der Waals surface area (Å²) < 4.78 is 37.5. The number of halogens is 1. The molecule has 5 nitrogen and oxygen atoms in total. The van der Waals surface area contributed by atoms with Crippen LogP contribution < -0.4 is 5.73 Å². The average molecular weight is 300 g/mol. The quantitative estimate of drug-likeness (QED) is 0.827. The molecule has 0 aliphatic carbocycles. The molecule has 2 atom stereocenters. The molecule has 2 N–H and O–H groups in total. The number of nitrogens with two attached hydrogens (primary N) is 1. The molecule has 20 heavy (non-hydrogen) atoms. The first-order chi connectivity index (χ1) is 9.32. The van der Waals surface area contributed by atoms with Crippen molar-refractivity contribution in [3.05, 3.63) is 30.1 Å². The van der Waals surface area contributed by atoms with Gasteiger partial charge in [-0.3, -0.25) is 4.79 Å². The van der Waals surface area contributed by atoms with Crippen LogP contribution in [0.1, 0.15) is 13.3 Å². The first kappa shape index (κ1) is 14.9. The molecule has 110 valence electrons. The number of carbonyl (C=O) groups is 1. The first-order valence-corrected chi connectivity index (χ1v) is 7.91. The Morgan fingerprint density at radius 1 is 1.40 bits per heavy atom. The van der Waals surface area contributed by atoms with Gasteiger partial charge >= 0.3 is 0 Å². The van der Waals surface area contributed by atoms with Crippen LogP contribution in [0, 0.1) is 5.82 Å². The maximum atomic E-state index is 12.8. The summed E-state index contributed by atoms with van der Waals surface area (Å²) in [5, 5.41) is -1.20. The zero-order valence-electron chi connectivity index (χ0n) is 11.1. The van der Waals surface area contributed by atoms with Gasteiger partial charge in [0.05, 0.1) is 4.90 Å². The summed E-state index contributed by atoms with van der Waals surface area (Å²) in [5.74, 6) is -0.976. The van der Waals surface area contributed by atoms with Crippen LogP contribution in [-0.4, -0.2) is 43.6 Å². The summed E-state index contributed by atoms with van der Waals surface area (Å²) in [6.45, 7) is 2.20. The van der Waals surface area contributed by atoms with Crippen LogP contribution in [-0.2, 0) is 14.6 Å². The number of hydrogen-bond acceptors (Lipinski definition) is 4. The molecular weight excluding hydrogens is 283 g/mol. The molecule has 0 spiro atoms. The summed E-state index contributed by atoms with van der Waals surface area (Å²) >= 11 is 0. The molecule has 1 heterocycles. The van der Waals surface area contributed by atoms with E-state index in [1.807, 2.05) is 0 Å². The number of amides is 1. The summed E-state index contributed by atoms with van der Waals surface area (Å²) in [6, 6.07) is 4.37. The Bertz CT molecular complexity index is 601. The van der Waals surface area contributed by atoms with Crippen molar-refractivity contribution in [3.63, 3.8) is 0 Å². The largest absolute Gasteiger partial charge is 0.340 e. The number of sulfone groups is 1. The van der Waals surface area contributed by atoms with E-state index in [0.29, 0.717) is 19.5 Å². The zero-order chi connectivity index (χ0) is 14.9. The van der Waals surface area contributed by atoms with Gasteiger partial charge in [-0.15, -0.1) is 0 Å². The number of benzene rings is 1. The Morgan fingerprint density at radius 3 is 2.50 bits per heavy atom. The Morgan fingerprint density at radius 2 is 2.00 bits per heavy atom. The van der Waals surface area contributed by atoms with Crippen molar-refractivity contribution in [2.75, 3.05) is 13.1 Å². The molecule has 1 aliphatic heterocycles. The van der Waals surface area contributed by atoms with Gasteiger partial charge in [-0.05, 0) is 37.6 Å². The van der Waals surface area contributed by atoms with Gasteiger partial charge in [-0.25, -0.2) is 12.8 Å². The highest BCUT2D eigenvalue weighted by Gasteiger charge is 2.35. The third-order valence-corrected chi connectivity index (χ3v) is 5.55. The highest BCUT2D eigenvalue weighted by molar-refractivity contribution is 7.92. The maximum absolute atomic E-state index is 12.8. The van der Waals surface area contributed by atoms with Gasteiger partial charge in [-0.1, -0.05) is 0 Å². The fourth-order valence-electron chi connectivity index (χ4n) is 2.21. The van der Waals surface area contributed by atoms with Gasteiger partial charge < -0.3 is 10.6 Å². The van der Waals surface area contributed by atoms with E-state index in [-0.39, 0.29) is 10.9 Å². The Hall–Kier alpha value is -1.47. The minimum Gasteiger partial charge on any atom is -0.340 e. The van der Waals surface area contributed by atoms with Crippen LogP contribution in [0.5, 0.6) is 0 Å². The maximum Gasteiger partial charge on any atom is 0.241 e. The van der Waals surface area contributed by atoms with Gasteiger partial charge in [0.2, 0.25) is 5.91 Å². The molecule has 7 heteroatoms. The standard InChI is InChI=1S/C13H17FN2O3S/c1-9(13(17)16-7-6-11(15)8-16)20(18,19)12-4-2-10(14)3-5-12/h2-5,9,11H,6-8,15H2,1H3/t9?,11-/m0/s1. The van der Waals surface area contributed by atoms with E-state index in [9.17, 15) is 17.6 Å². The minimum absolute atomic E-state index is 0.0526. The molecule has 1 aromatic rings. The Labute approximate surface area is 117 Å². The van der Waals surface area contributed by atoms with E-state index < -0.39 is 26.8 Å². The van der Waals surface area contributed by atoms with Crippen LogP contribution in [0.3, 0.4) is 0 Å². The highest BCUT2D eigenvalue weighted by Crippen LogP contribution is 2.20. The van der Waals surface area contributed by atoms with Gasteiger partial charge in [0.25, 0.3) is 0 Å². The lowest BCUT2D eigenvalue weighted by Gasteiger charge is -2.20. The van der Waals surface area contributed by atoms with E-state index >= 15 is 0 Å². The van der Waals surface area contributed by atoms with Crippen molar-refractivity contribution in [1.29, 1.82) is 0 Å². The van der Waals surface area contributed by atoms with Crippen molar-refractivity contribution in [3.8, 4) is 0 Å². The molecule has 0 radical (unpaired) electrons. The molecule has 0 saturated carbocycles. The second-order valence-corrected chi connectivity index (χ2v) is 7.24. The molecule has 2 rings (SSSR count). The fraction of sp³-hybridized carbons (Fsp3) is 0.462. The monoisotopic (exact) mass is 300 g/mol. The summed E-state index contributed by atoms with van der Waals surface area (Å²) in [7, 11) is -3.81. The smallest absolute Gasteiger partial charge is 0.241 e. The van der Waals surface area contributed by atoms with Gasteiger partial charge in [-0.2, -0.15) is 0 Å². The van der Waals surface area contributed by atoms with Gasteiger partial charge in [0.15, 0.2) is 9.84 Å². The molecule has 1 fully saturated rings. The molecule has 1 amide bonds. The van der Waals surface area contributed by atoms with Crippen molar-refractivity contribution >= 4 is 15.7 Å². The van der Waals surface area contributed by atoms with Crippen molar-refractivity contribution < 1.29 is 17.6 Å². The van der Waals surface area contributed by atoms with Crippen molar-refractivity contribution in [2.24, 2.45) is 5.73 Å². The van der Waals surface area contributed by atoms with Gasteiger partial charge in [0, 0.05) is 19.1 Å². The summed E-state index contributed by atoms with van der Waals surface area (Å²) in [4.78, 5) is 13.6. The number of hydrogen-bond donors (Lipinski definition) is 1. The predicted octanol–water partition coefficient (Wildman–Crippen LogP) is 0.547. The predicted molar refractivity (Wildman–Crippen MR) is 72.2 cm³/mol. The normalized spacial score (nSPS) is 20.9. The fourth-order valence-corrected chi connectivity index (χ4v) is 3.54. The highest BCUT2D eigenvalue weighted by atomic mass is 32.2. The van der Waals surface area contributed by atoms with E-state index in [2.05, 4.69) is 0 Å². The SMILES string of the molecule is CC(C(=O)N1CC[C@H](N)C1)S(=O)(=O)c1ccc(F)cc1. The second-order valence-electron chi connectivity index (χ2n) is 4.97. The lowest BCUT2D eigenvalue weighted by Crippen LogP contribution is -2.41. The topological polar surface area (TPSA) is 80.5 Å². The number of carbonyl (C=O) groups excluding carboxylic acids is 1. The molecule has 1 aromatic carbocycles. The van der Waals surface area contributed by atoms with Crippen LogP contribution in [0.25, 0.3) is 0 Å². The number of nitrogens with zero attached hydrogens (tertiary/aromatic N) is 1. The van der Waals surface area contributed by atoms with E-state index in [1.165, 1.54) is 24.0 Å². The average Bonchev–Trinajstić information content (AvgIpc) is 2.84. The molecule has 1 unspecified atom stereocenters. The van der Waals surface area contributed by atoms with Crippen LogP contribution in [0.4, 0.5) is 4.39 Å². The minimum atomic E-state index is -3.81. The van der Waals surface area contributed by atoms with E-state index in [1.54, 1.807) is 0 Å². The molecular formula is C13H17FN2O3S.